The maximum atomic E-state index is 11.9. The highest BCUT2D eigenvalue weighted by Gasteiger charge is 2.21. The van der Waals surface area contributed by atoms with E-state index in [2.05, 4.69) is 10.5 Å². The normalized spacial score (nSPS) is 13.5. The minimum absolute atomic E-state index is 0.0988. The Morgan fingerprint density at radius 1 is 1.26 bits per heavy atom. The van der Waals surface area contributed by atoms with Gasteiger partial charge in [-0.15, -0.1) is 0 Å². The van der Waals surface area contributed by atoms with Crippen molar-refractivity contribution in [2.75, 3.05) is 30.0 Å². The SMILES string of the molecule is Cc1cc(OCC(=O)OCC(=O)Nc2ccc(N3CCCC3=O)cc2)no1. The van der Waals surface area contributed by atoms with Crippen molar-refractivity contribution in [3.05, 3.63) is 36.1 Å². The number of aryl methyl sites for hydroxylation is 1. The zero-order valence-corrected chi connectivity index (χ0v) is 14.8. The Morgan fingerprint density at radius 3 is 2.67 bits per heavy atom. The van der Waals surface area contributed by atoms with E-state index in [0.717, 1.165) is 12.1 Å². The van der Waals surface area contributed by atoms with E-state index in [1.165, 1.54) is 6.07 Å². The Balaban J connectivity index is 1.41. The lowest BCUT2D eigenvalue weighted by Crippen LogP contribution is -2.24. The van der Waals surface area contributed by atoms with Crippen LogP contribution in [-0.2, 0) is 19.1 Å². The quantitative estimate of drug-likeness (QED) is 0.735. The Hall–Kier alpha value is -3.36. The van der Waals surface area contributed by atoms with Gasteiger partial charge in [0.2, 0.25) is 5.91 Å². The lowest BCUT2D eigenvalue weighted by atomic mass is 10.2. The minimum atomic E-state index is -0.700. The maximum absolute atomic E-state index is 11.9. The van der Waals surface area contributed by atoms with Crippen LogP contribution in [-0.4, -0.2) is 42.7 Å². The average Bonchev–Trinajstić information content (AvgIpc) is 3.27. The number of ether oxygens (including phenoxy) is 2. The summed E-state index contributed by atoms with van der Waals surface area (Å²) in [5.74, 6) is -0.357. The van der Waals surface area contributed by atoms with Crippen molar-refractivity contribution in [3.8, 4) is 5.88 Å². The van der Waals surface area contributed by atoms with Gasteiger partial charge in [0.05, 0.1) is 0 Å². The van der Waals surface area contributed by atoms with Crippen LogP contribution in [0.2, 0.25) is 0 Å². The summed E-state index contributed by atoms with van der Waals surface area (Å²) in [6.07, 6.45) is 1.41. The molecule has 1 saturated heterocycles. The number of amides is 2. The van der Waals surface area contributed by atoms with Crippen LogP contribution in [0.15, 0.2) is 34.9 Å². The predicted molar refractivity (Wildman–Crippen MR) is 94.4 cm³/mol. The molecule has 2 amide bonds. The van der Waals surface area contributed by atoms with Gasteiger partial charge in [0.15, 0.2) is 13.2 Å². The molecule has 0 radical (unpaired) electrons. The van der Waals surface area contributed by atoms with E-state index in [-0.39, 0.29) is 18.4 Å². The summed E-state index contributed by atoms with van der Waals surface area (Å²) in [6.45, 7) is 1.58. The number of hydrogen-bond acceptors (Lipinski definition) is 7. The fourth-order valence-electron chi connectivity index (χ4n) is 2.58. The number of nitrogens with one attached hydrogen (secondary N) is 1. The Labute approximate surface area is 155 Å². The zero-order chi connectivity index (χ0) is 19.2. The van der Waals surface area contributed by atoms with Gasteiger partial charge in [-0.25, -0.2) is 4.79 Å². The first-order chi connectivity index (χ1) is 13.0. The molecule has 1 aliphatic heterocycles. The Kier molecular flexibility index (Phi) is 5.70. The first-order valence-electron chi connectivity index (χ1n) is 8.43. The van der Waals surface area contributed by atoms with Gasteiger partial charge >= 0.3 is 5.97 Å². The van der Waals surface area contributed by atoms with Crippen molar-refractivity contribution < 1.29 is 28.4 Å². The van der Waals surface area contributed by atoms with Gasteiger partial charge in [-0.2, -0.15) is 0 Å². The minimum Gasteiger partial charge on any atom is -0.463 e. The molecule has 1 aliphatic rings. The lowest BCUT2D eigenvalue weighted by molar-refractivity contribution is -0.149. The molecule has 0 unspecified atom stereocenters. The second-order valence-electron chi connectivity index (χ2n) is 5.97. The van der Waals surface area contributed by atoms with E-state index in [9.17, 15) is 14.4 Å². The summed E-state index contributed by atoms with van der Waals surface area (Å²) in [5, 5.41) is 6.19. The van der Waals surface area contributed by atoms with Crippen molar-refractivity contribution >= 4 is 29.2 Å². The third-order valence-electron chi connectivity index (χ3n) is 3.84. The monoisotopic (exact) mass is 373 g/mol. The number of anilines is 2. The zero-order valence-electron chi connectivity index (χ0n) is 14.8. The van der Waals surface area contributed by atoms with Gasteiger partial charge in [-0.1, -0.05) is 0 Å². The molecule has 0 bridgehead atoms. The molecule has 0 atom stereocenters. The van der Waals surface area contributed by atoms with E-state index in [1.54, 1.807) is 36.1 Å². The Bertz CT molecular complexity index is 830. The Morgan fingerprint density at radius 2 is 2.04 bits per heavy atom. The van der Waals surface area contributed by atoms with Gasteiger partial charge in [0.1, 0.15) is 5.76 Å². The van der Waals surface area contributed by atoms with Crippen LogP contribution in [0.5, 0.6) is 5.88 Å². The van der Waals surface area contributed by atoms with Crippen molar-refractivity contribution in [3.63, 3.8) is 0 Å². The fourth-order valence-corrected chi connectivity index (χ4v) is 2.58. The molecule has 0 spiro atoms. The highest BCUT2D eigenvalue weighted by molar-refractivity contribution is 5.96. The molecule has 3 rings (SSSR count). The molecule has 1 aromatic heterocycles. The molecule has 1 N–H and O–H groups in total. The molecule has 27 heavy (non-hydrogen) atoms. The molecular formula is C18H19N3O6. The molecule has 0 saturated carbocycles. The smallest absolute Gasteiger partial charge is 0.344 e. The molecule has 9 heteroatoms. The van der Waals surface area contributed by atoms with Crippen LogP contribution < -0.4 is 15.0 Å². The summed E-state index contributed by atoms with van der Waals surface area (Å²) in [6, 6.07) is 8.43. The number of benzene rings is 1. The number of rotatable bonds is 7. The standard InChI is InChI=1S/C18H19N3O6/c1-12-9-16(20-27-12)25-11-18(24)26-10-15(22)19-13-4-6-14(7-5-13)21-8-2-3-17(21)23/h4-7,9H,2-3,8,10-11H2,1H3,(H,19,22). The number of esters is 1. The fraction of sp³-hybridized carbons (Fsp3) is 0.333. The van der Waals surface area contributed by atoms with Crippen molar-refractivity contribution in [2.45, 2.75) is 19.8 Å². The third-order valence-corrected chi connectivity index (χ3v) is 3.84. The van der Waals surface area contributed by atoms with Gasteiger partial charge in [0, 0.05) is 30.4 Å². The molecule has 1 aromatic carbocycles. The number of aromatic nitrogens is 1. The molecule has 142 valence electrons. The number of hydrogen-bond donors (Lipinski definition) is 1. The molecule has 9 nitrogen and oxygen atoms in total. The van der Waals surface area contributed by atoms with Crippen LogP contribution in [0.1, 0.15) is 18.6 Å². The van der Waals surface area contributed by atoms with E-state index in [0.29, 0.717) is 24.4 Å². The van der Waals surface area contributed by atoms with E-state index >= 15 is 0 Å². The largest absolute Gasteiger partial charge is 0.463 e. The van der Waals surface area contributed by atoms with Crippen LogP contribution in [0, 0.1) is 6.92 Å². The summed E-state index contributed by atoms with van der Waals surface area (Å²) >= 11 is 0. The first kappa shape index (κ1) is 18.4. The first-order valence-corrected chi connectivity index (χ1v) is 8.43. The van der Waals surface area contributed by atoms with Crippen molar-refractivity contribution in [1.82, 2.24) is 5.16 Å². The summed E-state index contributed by atoms with van der Waals surface area (Å²) in [5.41, 5.74) is 1.34. The summed E-state index contributed by atoms with van der Waals surface area (Å²) < 4.78 is 14.7. The molecule has 2 aromatic rings. The van der Waals surface area contributed by atoms with Gasteiger partial charge < -0.3 is 24.2 Å². The predicted octanol–water partition coefficient (Wildman–Crippen LogP) is 1.67. The highest BCUT2D eigenvalue weighted by atomic mass is 16.6. The second kappa shape index (κ2) is 8.35. The van der Waals surface area contributed by atoms with Crippen LogP contribution >= 0.6 is 0 Å². The van der Waals surface area contributed by atoms with E-state index in [4.69, 9.17) is 14.0 Å². The second-order valence-corrected chi connectivity index (χ2v) is 5.97. The molecule has 1 fully saturated rings. The summed E-state index contributed by atoms with van der Waals surface area (Å²) in [4.78, 5) is 36.9. The summed E-state index contributed by atoms with van der Waals surface area (Å²) in [7, 11) is 0. The lowest BCUT2D eigenvalue weighted by Gasteiger charge is -2.16. The van der Waals surface area contributed by atoms with Gasteiger partial charge in [-0.3, -0.25) is 9.59 Å². The van der Waals surface area contributed by atoms with Crippen molar-refractivity contribution in [1.29, 1.82) is 0 Å². The average molecular weight is 373 g/mol. The molecule has 2 heterocycles. The highest BCUT2D eigenvalue weighted by Crippen LogP contribution is 2.23. The number of carbonyl (C=O) groups excluding carboxylic acids is 3. The van der Waals surface area contributed by atoms with Crippen LogP contribution in [0.3, 0.4) is 0 Å². The van der Waals surface area contributed by atoms with Crippen LogP contribution in [0.4, 0.5) is 11.4 Å². The maximum Gasteiger partial charge on any atom is 0.344 e. The van der Waals surface area contributed by atoms with E-state index < -0.39 is 18.5 Å². The molecule has 0 aliphatic carbocycles. The van der Waals surface area contributed by atoms with Gasteiger partial charge in [0.25, 0.3) is 11.8 Å². The topological polar surface area (TPSA) is 111 Å². The number of carbonyl (C=O) groups is 3. The van der Waals surface area contributed by atoms with E-state index in [1.807, 2.05) is 0 Å². The van der Waals surface area contributed by atoms with Crippen LogP contribution in [0.25, 0.3) is 0 Å². The van der Waals surface area contributed by atoms with Crippen molar-refractivity contribution in [2.24, 2.45) is 0 Å². The number of nitrogens with zero attached hydrogens (tertiary/aromatic N) is 2. The van der Waals surface area contributed by atoms with Gasteiger partial charge in [-0.05, 0) is 42.8 Å². The molecular weight excluding hydrogens is 354 g/mol. The third kappa shape index (κ3) is 5.06.